The van der Waals surface area contributed by atoms with E-state index in [4.69, 9.17) is 9.90 Å². The van der Waals surface area contributed by atoms with Crippen LogP contribution < -0.4 is 0 Å². The van der Waals surface area contributed by atoms with Gasteiger partial charge in [0.2, 0.25) is 0 Å². The molecule has 0 spiro atoms. The van der Waals surface area contributed by atoms with Crippen molar-refractivity contribution in [1.82, 2.24) is 0 Å². The molecule has 2 aliphatic rings. The van der Waals surface area contributed by atoms with Gasteiger partial charge in [0.1, 0.15) is 0 Å². The fraction of sp³-hybridized carbons (Fsp3) is 0.545. The SMILES string of the molecule is CC(C)=C1CC2C=CC1C2.O=CO. The van der Waals surface area contributed by atoms with Crippen molar-refractivity contribution >= 4 is 6.47 Å². The Morgan fingerprint density at radius 1 is 1.54 bits per heavy atom. The maximum Gasteiger partial charge on any atom is 0.290 e. The lowest BCUT2D eigenvalue weighted by Crippen LogP contribution is -1.93. The standard InChI is InChI=1S/C10H14.CH2O2/c1-7(2)10-6-8-3-4-9(10)5-8;2-1-3/h3-4,8-9H,5-6H2,1-2H3;1H,(H,2,3). The van der Waals surface area contributed by atoms with Gasteiger partial charge in [0.25, 0.3) is 6.47 Å². The molecule has 1 saturated carbocycles. The minimum Gasteiger partial charge on any atom is -0.483 e. The van der Waals surface area contributed by atoms with Crippen molar-refractivity contribution in [1.29, 1.82) is 0 Å². The summed E-state index contributed by atoms with van der Waals surface area (Å²) in [5, 5.41) is 6.89. The number of carbonyl (C=O) groups is 1. The lowest BCUT2D eigenvalue weighted by Gasteiger charge is -2.09. The van der Waals surface area contributed by atoms with E-state index in [9.17, 15) is 0 Å². The van der Waals surface area contributed by atoms with Crippen molar-refractivity contribution in [2.45, 2.75) is 26.7 Å². The Morgan fingerprint density at radius 3 is 2.38 bits per heavy atom. The summed E-state index contributed by atoms with van der Waals surface area (Å²) in [6.07, 6.45) is 7.53. The molecule has 1 N–H and O–H groups in total. The zero-order chi connectivity index (χ0) is 9.84. The zero-order valence-electron chi connectivity index (χ0n) is 8.16. The molecule has 0 radical (unpaired) electrons. The van der Waals surface area contributed by atoms with Crippen LogP contribution in [0.25, 0.3) is 0 Å². The van der Waals surface area contributed by atoms with Crippen molar-refractivity contribution in [2.24, 2.45) is 11.8 Å². The summed E-state index contributed by atoms with van der Waals surface area (Å²) < 4.78 is 0. The van der Waals surface area contributed by atoms with Crippen molar-refractivity contribution < 1.29 is 9.90 Å². The third-order valence-corrected chi connectivity index (χ3v) is 2.74. The van der Waals surface area contributed by atoms with Crippen LogP contribution in [0.15, 0.2) is 23.3 Å². The summed E-state index contributed by atoms with van der Waals surface area (Å²) in [5.74, 6) is 1.73. The Hall–Kier alpha value is -1.05. The van der Waals surface area contributed by atoms with Gasteiger partial charge in [0.15, 0.2) is 0 Å². The summed E-state index contributed by atoms with van der Waals surface area (Å²) in [6, 6.07) is 0. The molecule has 0 saturated heterocycles. The van der Waals surface area contributed by atoms with Gasteiger partial charge in [-0.1, -0.05) is 23.3 Å². The van der Waals surface area contributed by atoms with Gasteiger partial charge in [-0.05, 0) is 38.5 Å². The van der Waals surface area contributed by atoms with Crippen LogP contribution in [-0.4, -0.2) is 11.6 Å². The average Bonchev–Trinajstić information content (AvgIpc) is 2.64. The second kappa shape index (κ2) is 4.26. The molecule has 0 aromatic rings. The maximum atomic E-state index is 8.36. The van der Waals surface area contributed by atoms with E-state index in [1.165, 1.54) is 12.8 Å². The lowest BCUT2D eigenvalue weighted by molar-refractivity contribution is -0.122. The van der Waals surface area contributed by atoms with Crippen LogP contribution in [0.1, 0.15) is 26.7 Å². The van der Waals surface area contributed by atoms with Gasteiger partial charge in [-0.15, -0.1) is 0 Å². The molecule has 2 rings (SSSR count). The summed E-state index contributed by atoms with van der Waals surface area (Å²) in [7, 11) is 0. The van der Waals surface area contributed by atoms with Crippen molar-refractivity contribution in [2.75, 3.05) is 0 Å². The molecule has 1 fully saturated rings. The number of hydrogen-bond acceptors (Lipinski definition) is 1. The normalized spacial score (nSPS) is 28.3. The minimum absolute atomic E-state index is 0.250. The first-order valence-corrected chi connectivity index (χ1v) is 4.61. The number of fused-ring (bicyclic) bond motifs is 2. The molecule has 0 aliphatic heterocycles. The molecular weight excluding hydrogens is 164 g/mol. The van der Waals surface area contributed by atoms with Gasteiger partial charge in [-0.25, -0.2) is 0 Å². The number of allylic oxidation sites excluding steroid dienone is 4. The molecule has 2 bridgehead atoms. The van der Waals surface area contributed by atoms with Gasteiger partial charge in [0.05, 0.1) is 0 Å². The largest absolute Gasteiger partial charge is 0.483 e. The summed E-state index contributed by atoms with van der Waals surface area (Å²) in [6.45, 7) is 4.23. The molecule has 2 atom stereocenters. The second-order valence-electron chi connectivity index (χ2n) is 3.82. The summed E-state index contributed by atoms with van der Waals surface area (Å²) in [4.78, 5) is 8.36. The van der Waals surface area contributed by atoms with Gasteiger partial charge in [0, 0.05) is 0 Å². The summed E-state index contributed by atoms with van der Waals surface area (Å²) >= 11 is 0. The van der Waals surface area contributed by atoms with Gasteiger partial charge < -0.3 is 5.11 Å². The smallest absolute Gasteiger partial charge is 0.290 e. The molecule has 72 valence electrons. The highest BCUT2D eigenvalue weighted by Gasteiger charge is 2.30. The highest BCUT2D eigenvalue weighted by molar-refractivity contribution is 5.32. The van der Waals surface area contributed by atoms with E-state index in [1.807, 2.05) is 0 Å². The highest BCUT2D eigenvalue weighted by atomic mass is 16.3. The van der Waals surface area contributed by atoms with E-state index in [1.54, 1.807) is 11.1 Å². The molecule has 2 nitrogen and oxygen atoms in total. The van der Waals surface area contributed by atoms with Crippen molar-refractivity contribution in [3.63, 3.8) is 0 Å². The first-order chi connectivity index (χ1) is 6.19. The Kier molecular flexibility index (Phi) is 3.29. The molecule has 2 unspecified atom stereocenters. The molecule has 2 aliphatic carbocycles. The topological polar surface area (TPSA) is 37.3 Å². The maximum absolute atomic E-state index is 8.36. The van der Waals surface area contributed by atoms with Crippen LogP contribution in [-0.2, 0) is 4.79 Å². The minimum atomic E-state index is -0.250. The first kappa shape index (κ1) is 10.0. The molecule has 0 aromatic carbocycles. The molecule has 0 aromatic heterocycles. The highest BCUT2D eigenvalue weighted by Crippen LogP contribution is 2.44. The lowest BCUT2D eigenvalue weighted by atomic mass is 9.97. The molecule has 13 heavy (non-hydrogen) atoms. The van der Waals surface area contributed by atoms with E-state index >= 15 is 0 Å². The predicted molar refractivity (Wildman–Crippen MR) is 52.4 cm³/mol. The monoisotopic (exact) mass is 180 g/mol. The van der Waals surface area contributed by atoms with Crippen LogP contribution in [0.2, 0.25) is 0 Å². The number of carboxylic acid groups (broad SMARTS) is 1. The van der Waals surface area contributed by atoms with Crippen molar-refractivity contribution in [3.05, 3.63) is 23.3 Å². The Morgan fingerprint density at radius 2 is 2.15 bits per heavy atom. The molecule has 2 heteroatoms. The predicted octanol–water partition coefficient (Wildman–Crippen LogP) is 2.62. The van der Waals surface area contributed by atoms with Gasteiger partial charge in [-0.3, -0.25) is 4.79 Å². The van der Waals surface area contributed by atoms with Crippen LogP contribution >= 0.6 is 0 Å². The summed E-state index contributed by atoms with van der Waals surface area (Å²) in [5.41, 5.74) is 3.27. The molecule has 0 amide bonds. The second-order valence-corrected chi connectivity index (χ2v) is 3.82. The van der Waals surface area contributed by atoms with Crippen LogP contribution in [0, 0.1) is 11.8 Å². The fourth-order valence-corrected chi connectivity index (χ4v) is 2.19. The fourth-order valence-electron chi connectivity index (χ4n) is 2.19. The van der Waals surface area contributed by atoms with Gasteiger partial charge >= 0.3 is 0 Å². The molecular formula is C11H16O2. The first-order valence-electron chi connectivity index (χ1n) is 4.61. The molecule has 0 heterocycles. The van der Waals surface area contributed by atoms with Crippen LogP contribution in [0.4, 0.5) is 0 Å². The average molecular weight is 180 g/mol. The van der Waals surface area contributed by atoms with Crippen LogP contribution in [0.5, 0.6) is 0 Å². The van der Waals surface area contributed by atoms with E-state index < -0.39 is 0 Å². The Balaban J connectivity index is 0.000000251. The third-order valence-electron chi connectivity index (χ3n) is 2.74. The number of hydrogen-bond donors (Lipinski definition) is 1. The van der Waals surface area contributed by atoms with E-state index in [2.05, 4.69) is 26.0 Å². The Labute approximate surface area is 79.0 Å². The quantitative estimate of drug-likeness (QED) is 0.459. The Bertz CT molecular complexity index is 247. The number of rotatable bonds is 0. The van der Waals surface area contributed by atoms with Crippen molar-refractivity contribution in [3.8, 4) is 0 Å². The zero-order valence-corrected chi connectivity index (χ0v) is 8.16. The van der Waals surface area contributed by atoms with E-state index in [0.717, 1.165) is 11.8 Å². The van der Waals surface area contributed by atoms with E-state index in [-0.39, 0.29) is 6.47 Å². The van der Waals surface area contributed by atoms with E-state index in [0.29, 0.717) is 0 Å². The third kappa shape index (κ3) is 2.20. The van der Waals surface area contributed by atoms with Gasteiger partial charge in [-0.2, -0.15) is 0 Å². The van der Waals surface area contributed by atoms with Crippen LogP contribution in [0.3, 0.4) is 0 Å².